The number of aliphatic carboxylic acids is 1. The molecule has 2 nitrogen and oxygen atoms in total. The Bertz CT molecular complexity index is 549. The lowest BCUT2D eigenvalue weighted by atomic mass is 9.97. The monoisotopic (exact) mass is 218 g/mol. The molecule has 0 spiro atoms. The Morgan fingerprint density at radius 3 is 2.62 bits per heavy atom. The Morgan fingerprint density at radius 1 is 1.25 bits per heavy atom. The lowest BCUT2D eigenvalue weighted by molar-refractivity contribution is -0.143. The number of hydrogen-bond acceptors (Lipinski definition) is 1. The zero-order valence-electron chi connectivity index (χ0n) is 8.77. The van der Waals surface area contributed by atoms with Crippen molar-refractivity contribution < 1.29 is 14.3 Å². The van der Waals surface area contributed by atoms with E-state index >= 15 is 0 Å². The maximum Gasteiger partial charge on any atom is 0.343 e. The first kappa shape index (κ1) is 10.6. The quantitative estimate of drug-likeness (QED) is 0.840. The smallest absolute Gasteiger partial charge is 0.343 e. The van der Waals surface area contributed by atoms with Gasteiger partial charge in [0.1, 0.15) is 0 Å². The molecule has 16 heavy (non-hydrogen) atoms. The van der Waals surface area contributed by atoms with E-state index in [9.17, 15) is 9.18 Å². The van der Waals surface area contributed by atoms with Crippen LogP contribution in [0.1, 0.15) is 17.3 Å². The summed E-state index contributed by atoms with van der Waals surface area (Å²) >= 11 is 0. The molecule has 0 amide bonds. The van der Waals surface area contributed by atoms with Crippen molar-refractivity contribution in [1.82, 2.24) is 0 Å². The van der Waals surface area contributed by atoms with Crippen LogP contribution in [0, 0.1) is 6.92 Å². The van der Waals surface area contributed by atoms with Crippen LogP contribution in [0.15, 0.2) is 36.4 Å². The van der Waals surface area contributed by atoms with Gasteiger partial charge in [0.25, 0.3) is 0 Å². The van der Waals surface area contributed by atoms with Gasteiger partial charge in [-0.15, -0.1) is 0 Å². The van der Waals surface area contributed by atoms with Gasteiger partial charge in [-0.1, -0.05) is 36.4 Å². The highest BCUT2D eigenvalue weighted by Crippen LogP contribution is 2.27. The first-order valence-corrected chi connectivity index (χ1v) is 4.96. The van der Waals surface area contributed by atoms with E-state index in [-0.39, 0.29) is 5.56 Å². The lowest BCUT2D eigenvalue weighted by Gasteiger charge is -2.10. The number of carboxylic acid groups (broad SMARTS) is 1. The summed E-state index contributed by atoms with van der Waals surface area (Å²) in [6.45, 7) is 1.74. The fraction of sp³-hybridized carbons (Fsp3) is 0.154. The molecule has 2 rings (SSSR count). The number of alkyl halides is 1. The van der Waals surface area contributed by atoms with E-state index in [2.05, 4.69) is 0 Å². The maximum absolute atomic E-state index is 13.4. The average Bonchev–Trinajstić information content (AvgIpc) is 2.29. The van der Waals surface area contributed by atoms with Crippen LogP contribution in [0.3, 0.4) is 0 Å². The number of halogens is 1. The molecule has 82 valence electrons. The van der Waals surface area contributed by atoms with Crippen LogP contribution >= 0.6 is 0 Å². The molecule has 2 aromatic rings. The average molecular weight is 218 g/mol. The van der Waals surface area contributed by atoms with Crippen LogP contribution in [0.5, 0.6) is 0 Å². The Morgan fingerprint density at radius 2 is 1.94 bits per heavy atom. The van der Waals surface area contributed by atoms with Crippen LogP contribution in [-0.2, 0) is 4.79 Å². The predicted molar refractivity (Wildman–Crippen MR) is 60.2 cm³/mol. The molecule has 1 N–H and O–H groups in total. The minimum absolute atomic E-state index is 0.228. The van der Waals surface area contributed by atoms with Gasteiger partial charge in [0.2, 0.25) is 6.17 Å². The van der Waals surface area contributed by atoms with E-state index < -0.39 is 12.1 Å². The topological polar surface area (TPSA) is 37.3 Å². The van der Waals surface area contributed by atoms with Crippen molar-refractivity contribution in [3.63, 3.8) is 0 Å². The van der Waals surface area contributed by atoms with Crippen LogP contribution in [0.4, 0.5) is 4.39 Å². The number of hydrogen-bond donors (Lipinski definition) is 1. The van der Waals surface area contributed by atoms with Crippen LogP contribution in [0.25, 0.3) is 10.8 Å². The Labute approximate surface area is 92.3 Å². The minimum atomic E-state index is -1.95. The van der Waals surface area contributed by atoms with Crippen molar-refractivity contribution >= 4 is 16.7 Å². The molecule has 1 unspecified atom stereocenters. The molecule has 0 saturated heterocycles. The molecule has 0 aliphatic carbocycles. The maximum atomic E-state index is 13.4. The van der Waals surface area contributed by atoms with Gasteiger partial charge in [-0.3, -0.25) is 0 Å². The molecule has 2 aromatic carbocycles. The summed E-state index contributed by atoms with van der Waals surface area (Å²) < 4.78 is 13.4. The fourth-order valence-corrected chi connectivity index (χ4v) is 1.85. The minimum Gasteiger partial charge on any atom is -0.479 e. The van der Waals surface area contributed by atoms with E-state index in [1.165, 1.54) is 6.07 Å². The molecule has 0 radical (unpaired) electrons. The second kappa shape index (κ2) is 3.93. The van der Waals surface area contributed by atoms with Crippen molar-refractivity contribution in [2.45, 2.75) is 13.1 Å². The van der Waals surface area contributed by atoms with Gasteiger partial charge in [-0.2, -0.15) is 0 Å². The van der Waals surface area contributed by atoms with Crippen LogP contribution < -0.4 is 0 Å². The number of rotatable bonds is 2. The van der Waals surface area contributed by atoms with Crippen molar-refractivity contribution in [3.8, 4) is 0 Å². The normalized spacial score (nSPS) is 12.6. The number of aryl methyl sites for hydroxylation is 1. The number of fused-ring (bicyclic) bond motifs is 1. The van der Waals surface area contributed by atoms with E-state index in [1.54, 1.807) is 13.0 Å². The van der Waals surface area contributed by atoms with Crippen LogP contribution in [-0.4, -0.2) is 11.1 Å². The largest absolute Gasteiger partial charge is 0.479 e. The predicted octanol–water partition coefficient (Wildman–Crippen LogP) is 3.24. The Kier molecular flexibility index (Phi) is 2.60. The van der Waals surface area contributed by atoms with Gasteiger partial charge in [0.15, 0.2) is 0 Å². The van der Waals surface area contributed by atoms with E-state index in [1.807, 2.05) is 24.3 Å². The molecule has 0 aliphatic rings. The Hall–Kier alpha value is -1.90. The molecule has 0 aromatic heterocycles. The van der Waals surface area contributed by atoms with Crippen molar-refractivity contribution in [2.75, 3.05) is 0 Å². The highest BCUT2D eigenvalue weighted by molar-refractivity contribution is 5.88. The second-order valence-corrected chi connectivity index (χ2v) is 3.70. The summed E-state index contributed by atoms with van der Waals surface area (Å²) in [5, 5.41) is 10.5. The Balaban J connectivity index is 2.65. The third-order valence-corrected chi connectivity index (χ3v) is 2.73. The zero-order valence-corrected chi connectivity index (χ0v) is 8.77. The van der Waals surface area contributed by atoms with Gasteiger partial charge >= 0.3 is 5.97 Å². The number of benzene rings is 2. The first-order chi connectivity index (χ1) is 7.61. The summed E-state index contributed by atoms with van der Waals surface area (Å²) in [4.78, 5) is 10.6. The van der Waals surface area contributed by atoms with Crippen molar-refractivity contribution in [3.05, 3.63) is 47.5 Å². The molecule has 0 fully saturated rings. The summed E-state index contributed by atoms with van der Waals surface area (Å²) in [6, 6.07) is 10.8. The number of carbonyl (C=O) groups is 1. The van der Waals surface area contributed by atoms with Gasteiger partial charge in [0.05, 0.1) is 0 Å². The lowest BCUT2D eigenvalue weighted by Crippen LogP contribution is -2.07. The highest BCUT2D eigenvalue weighted by Gasteiger charge is 2.20. The fourth-order valence-electron chi connectivity index (χ4n) is 1.85. The molecule has 0 bridgehead atoms. The zero-order chi connectivity index (χ0) is 11.7. The molecule has 0 saturated carbocycles. The van der Waals surface area contributed by atoms with Gasteiger partial charge < -0.3 is 5.11 Å². The molecule has 0 heterocycles. The molecule has 3 heteroatoms. The molecule has 0 aliphatic heterocycles. The molecular weight excluding hydrogens is 207 g/mol. The molecule has 1 atom stereocenters. The van der Waals surface area contributed by atoms with Crippen molar-refractivity contribution in [2.24, 2.45) is 0 Å². The summed E-state index contributed by atoms with van der Waals surface area (Å²) in [6.07, 6.45) is -1.95. The second-order valence-electron chi connectivity index (χ2n) is 3.70. The van der Waals surface area contributed by atoms with Gasteiger partial charge in [-0.05, 0) is 23.3 Å². The van der Waals surface area contributed by atoms with Crippen molar-refractivity contribution in [1.29, 1.82) is 0 Å². The highest BCUT2D eigenvalue weighted by atomic mass is 19.1. The van der Waals surface area contributed by atoms with E-state index in [0.29, 0.717) is 5.56 Å². The van der Waals surface area contributed by atoms with E-state index in [4.69, 9.17) is 5.11 Å². The number of carboxylic acids is 1. The summed E-state index contributed by atoms with van der Waals surface area (Å²) in [7, 11) is 0. The summed E-state index contributed by atoms with van der Waals surface area (Å²) in [5.74, 6) is -1.45. The van der Waals surface area contributed by atoms with Crippen LogP contribution in [0.2, 0.25) is 0 Å². The first-order valence-electron chi connectivity index (χ1n) is 4.96. The SMILES string of the molecule is Cc1c(C(F)C(=O)O)ccc2ccccc12. The molecular formula is C13H11FO2. The van der Waals surface area contributed by atoms with Gasteiger partial charge in [0, 0.05) is 5.56 Å². The van der Waals surface area contributed by atoms with E-state index in [0.717, 1.165) is 10.8 Å². The summed E-state index contributed by atoms with van der Waals surface area (Å²) in [5.41, 5.74) is 0.916. The standard InChI is InChI=1S/C13H11FO2/c1-8-10-5-3-2-4-9(10)6-7-11(8)12(14)13(15)16/h2-7,12H,1H3,(H,15,16). The third kappa shape index (κ3) is 1.65. The third-order valence-electron chi connectivity index (χ3n) is 2.73. The van der Waals surface area contributed by atoms with Gasteiger partial charge in [-0.25, -0.2) is 9.18 Å².